The van der Waals surface area contributed by atoms with E-state index >= 15 is 0 Å². The number of aromatic nitrogens is 2. The number of benzene rings is 2. The number of hydrogen-bond acceptors (Lipinski definition) is 8. The van der Waals surface area contributed by atoms with E-state index < -0.39 is 0 Å². The molecule has 0 bridgehead atoms. The minimum absolute atomic E-state index is 0.404. The number of fused-ring (bicyclic) bond motifs is 2. The van der Waals surface area contributed by atoms with E-state index in [1.807, 2.05) is 17.0 Å². The van der Waals surface area contributed by atoms with Gasteiger partial charge in [-0.2, -0.15) is 15.2 Å². The van der Waals surface area contributed by atoms with Gasteiger partial charge in [0, 0.05) is 55.9 Å². The maximum atomic E-state index is 9.07. The monoisotopic (exact) mass is 545 g/mol. The van der Waals surface area contributed by atoms with E-state index in [1.54, 1.807) is 0 Å². The van der Waals surface area contributed by atoms with Crippen molar-refractivity contribution < 1.29 is 4.74 Å². The number of likely N-dealkylation sites (N-methyl/N-ethyl adjacent to an activating group) is 1. The van der Waals surface area contributed by atoms with Crippen molar-refractivity contribution in [3.05, 3.63) is 52.7 Å². The Morgan fingerprint density at radius 3 is 2.74 bits per heavy atom. The molecule has 204 valence electrons. The average Bonchev–Trinajstić information content (AvgIpc) is 3.34. The summed E-state index contributed by atoms with van der Waals surface area (Å²) in [6.07, 6.45) is 6.48. The van der Waals surface area contributed by atoms with Crippen LogP contribution in [-0.2, 0) is 13.0 Å². The predicted octanol–water partition coefficient (Wildman–Crippen LogP) is 4.56. The summed E-state index contributed by atoms with van der Waals surface area (Å²) in [4.78, 5) is 18.7. The highest BCUT2D eigenvalue weighted by molar-refractivity contribution is 6.36. The highest BCUT2D eigenvalue weighted by Crippen LogP contribution is 2.37. The summed E-state index contributed by atoms with van der Waals surface area (Å²) in [6, 6.07) is 13.3. The molecule has 0 aliphatic carbocycles. The molecule has 3 aromatic rings. The van der Waals surface area contributed by atoms with Gasteiger partial charge in [-0.15, -0.1) is 0 Å². The van der Waals surface area contributed by atoms with Gasteiger partial charge < -0.3 is 24.3 Å². The molecule has 9 heteroatoms. The van der Waals surface area contributed by atoms with Crippen LogP contribution in [0.1, 0.15) is 30.5 Å². The van der Waals surface area contributed by atoms with E-state index in [0.717, 1.165) is 85.0 Å². The lowest BCUT2D eigenvalue weighted by molar-refractivity contribution is 0.163. The predicted molar refractivity (Wildman–Crippen MR) is 155 cm³/mol. The quantitative estimate of drug-likeness (QED) is 0.382. The number of likely N-dealkylation sites (tertiary alicyclic amines) is 2. The number of ether oxygens (including phenoxy) is 1. The molecule has 0 saturated carbocycles. The first-order valence-corrected chi connectivity index (χ1v) is 14.4. The molecule has 2 saturated heterocycles. The van der Waals surface area contributed by atoms with Gasteiger partial charge in [0.1, 0.15) is 12.4 Å². The van der Waals surface area contributed by atoms with Crippen LogP contribution in [0.3, 0.4) is 0 Å². The molecule has 4 heterocycles. The fourth-order valence-corrected chi connectivity index (χ4v) is 6.47. The van der Waals surface area contributed by atoms with Gasteiger partial charge in [-0.1, -0.05) is 35.9 Å². The third-order valence-corrected chi connectivity index (χ3v) is 8.92. The number of halogens is 1. The molecule has 3 aliphatic heterocycles. The average molecular weight is 546 g/mol. The fraction of sp³-hybridized carbons (Fsp3) is 0.500. The molecule has 1 atom stereocenters. The van der Waals surface area contributed by atoms with Crippen molar-refractivity contribution in [1.82, 2.24) is 19.8 Å². The lowest BCUT2D eigenvalue weighted by Crippen LogP contribution is -2.44. The van der Waals surface area contributed by atoms with E-state index in [-0.39, 0.29) is 0 Å². The zero-order valence-electron chi connectivity index (χ0n) is 22.8. The first-order valence-electron chi connectivity index (χ1n) is 14.0. The maximum Gasteiger partial charge on any atom is 0.318 e. The Hall–Kier alpha value is -3.28. The Balaban J connectivity index is 1.27. The van der Waals surface area contributed by atoms with Gasteiger partial charge in [0.25, 0.3) is 0 Å². The van der Waals surface area contributed by atoms with Crippen LogP contribution in [0.4, 0.5) is 11.5 Å². The molecule has 3 aliphatic rings. The second-order valence-corrected chi connectivity index (χ2v) is 11.6. The Labute approximate surface area is 235 Å². The van der Waals surface area contributed by atoms with Crippen LogP contribution in [0, 0.1) is 17.4 Å². The third kappa shape index (κ3) is 5.30. The molecule has 6 rings (SSSR count). The minimum Gasteiger partial charge on any atom is -0.462 e. The Morgan fingerprint density at radius 1 is 1.15 bits per heavy atom. The van der Waals surface area contributed by atoms with Crippen LogP contribution in [0.5, 0.6) is 6.01 Å². The van der Waals surface area contributed by atoms with Crippen molar-refractivity contribution in [3.63, 3.8) is 0 Å². The van der Waals surface area contributed by atoms with E-state index in [9.17, 15) is 0 Å². The summed E-state index contributed by atoms with van der Waals surface area (Å²) in [6.45, 7) is 5.88. The molecule has 0 N–H and O–H groups in total. The Kier molecular flexibility index (Phi) is 7.37. The molecule has 39 heavy (non-hydrogen) atoms. The summed E-state index contributed by atoms with van der Waals surface area (Å²) < 4.78 is 6.26. The zero-order valence-corrected chi connectivity index (χ0v) is 23.6. The fourth-order valence-electron chi connectivity index (χ4n) is 6.19. The topological polar surface area (TPSA) is 71.8 Å². The van der Waals surface area contributed by atoms with E-state index in [4.69, 9.17) is 31.6 Å². The molecule has 0 radical (unpaired) electrons. The van der Waals surface area contributed by atoms with Gasteiger partial charge in [-0.25, -0.2) is 0 Å². The Morgan fingerprint density at radius 2 is 1.97 bits per heavy atom. The van der Waals surface area contributed by atoms with Crippen LogP contribution >= 0.6 is 11.6 Å². The van der Waals surface area contributed by atoms with E-state index in [1.165, 1.54) is 12.0 Å². The summed E-state index contributed by atoms with van der Waals surface area (Å²) in [5, 5.41) is 12.1. The first-order chi connectivity index (χ1) is 19.0. The number of nitriles is 1. The van der Waals surface area contributed by atoms with Crippen LogP contribution in [0.2, 0.25) is 5.02 Å². The maximum absolute atomic E-state index is 9.07. The van der Waals surface area contributed by atoms with Gasteiger partial charge in [-0.05, 0) is 62.7 Å². The largest absolute Gasteiger partial charge is 0.462 e. The second-order valence-electron chi connectivity index (χ2n) is 11.2. The third-order valence-electron chi connectivity index (χ3n) is 8.60. The van der Waals surface area contributed by atoms with Crippen molar-refractivity contribution >= 4 is 33.9 Å². The number of anilines is 2. The second kappa shape index (κ2) is 11.1. The summed E-state index contributed by atoms with van der Waals surface area (Å²) in [7, 11) is 4.28. The van der Waals surface area contributed by atoms with Crippen molar-refractivity contribution in [1.29, 1.82) is 5.26 Å². The van der Waals surface area contributed by atoms with E-state index in [0.29, 0.717) is 31.1 Å². The lowest BCUT2D eigenvalue weighted by atomic mass is 9.97. The van der Waals surface area contributed by atoms with Gasteiger partial charge in [0.15, 0.2) is 6.19 Å². The van der Waals surface area contributed by atoms with Crippen molar-refractivity contribution in [2.45, 2.75) is 38.3 Å². The standard InChI is InChI=1S/C30H36ClN7O/c1-35-13-5-8-23(35)19-39-30-33-26-18-38(27-10-4-7-22-6-3-9-25(31)28(22)27)15-12-24(26)29(34-30)36(2)14-11-21-16-37(17-21)20-32/h3-4,6-7,9-10,21,23H,5,8,11-19H2,1-2H3. The van der Waals surface area contributed by atoms with Crippen LogP contribution in [0.25, 0.3) is 10.8 Å². The number of rotatable bonds is 8. The molecular weight excluding hydrogens is 510 g/mol. The zero-order chi connectivity index (χ0) is 26.9. The van der Waals surface area contributed by atoms with Gasteiger partial charge in [0.2, 0.25) is 0 Å². The normalized spacial score (nSPS) is 19.6. The van der Waals surface area contributed by atoms with Crippen LogP contribution in [-0.4, -0.2) is 79.2 Å². The Bertz CT molecular complexity index is 1380. The minimum atomic E-state index is 0.404. The molecule has 0 amide bonds. The van der Waals surface area contributed by atoms with Crippen molar-refractivity contribution in [2.24, 2.45) is 5.92 Å². The number of hydrogen-bond donors (Lipinski definition) is 0. The highest BCUT2D eigenvalue weighted by Gasteiger charge is 2.29. The van der Waals surface area contributed by atoms with Crippen molar-refractivity contribution in [2.75, 3.05) is 63.2 Å². The van der Waals surface area contributed by atoms with Gasteiger partial charge >= 0.3 is 6.01 Å². The molecule has 2 aromatic carbocycles. The van der Waals surface area contributed by atoms with Gasteiger partial charge in [-0.3, -0.25) is 0 Å². The molecule has 1 unspecified atom stereocenters. The molecule has 8 nitrogen and oxygen atoms in total. The van der Waals surface area contributed by atoms with E-state index in [2.05, 4.69) is 59.3 Å². The number of nitrogens with zero attached hydrogens (tertiary/aromatic N) is 7. The SMILES string of the molecule is CN(CCC1CN(C#N)C1)c1nc(OCC2CCCN2C)nc2c1CCN(c1cccc3cccc(Cl)c13)C2. The molecular formula is C30H36ClN7O. The van der Waals surface area contributed by atoms with Crippen LogP contribution in [0.15, 0.2) is 36.4 Å². The summed E-state index contributed by atoms with van der Waals surface area (Å²) >= 11 is 6.68. The first kappa shape index (κ1) is 26.0. The molecule has 0 spiro atoms. The summed E-state index contributed by atoms with van der Waals surface area (Å²) in [5.74, 6) is 1.53. The van der Waals surface area contributed by atoms with Gasteiger partial charge in [0.05, 0.1) is 17.3 Å². The highest BCUT2D eigenvalue weighted by atomic mass is 35.5. The molecule has 2 fully saturated rings. The molecule has 1 aromatic heterocycles. The van der Waals surface area contributed by atoms with Crippen LogP contribution < -0.4 is 14.5 Å². The van der Waals surface area contributed by atoms with Crippen molar-refractivity contribution in [3.8, 4) is 12.2 Å². The summed E-state index contributed by atoms with van der Waals surface area (Å²) in [5.41, 5.74) is 3.37. The smallest absolute Gasteiger partial charge is 0.318 e. The lowest BCUT2D eigenvalue weighted by Gasteiger charge is -2.36.